The van der Waals surface area contributed by atoms with Crippen LogP contribution in [0, 0.1) is 0 Å². The van der Waals surface area contributed by atoms with E-state index in [-0.39, 0.29) is 18.2 Å². The van der Waals surface area contributed by atoms with Crippen LogP contribution in [0.25, 0.3) is 0 Å². The molecule has 0 unspecified atom stereocenters. The van der Waals surface area contributed by atoms with Crippen LogP contribution in [0.5, 0.6) is 0 Å². The van der Waals surface area contributed by atoms with E-state index in [0.717, 1.165) is 12.1 Å². The van der Waals surface area contributed by atoms with Gasteiger partial charge in [0.05, 0.1) is 0 Å². The van der Waals surface area contributed by atoms with Crippen LogP contribution in [-0.4, -0.2) is 61.4 Å². The monoisotopic (exact) mass is 315 g/mol. The maximum Gasteiger partial charge on any atom is 0.235 e. The number of nitrogens with zero attached hydrogens (tertiary/aromatic N) is 2. The molecule has 2 aliphatic rings. The van der Waals surface area contributed by atoms with Gasteiger partial charge in [-0.3, -0.25) is 9.59 Å². The molecular weight excluding hydrogens is 290 g/mol. The molecule has 1 saturated heterocycles. The van der Waals surface area contributed by atoms with Crippen LogP contribution < -0.4 is 5.32 Å². The molecule has 23 heavy (non-hydrogen) atoms. The van der Waals surface area contributed by atoms with Crippen LogP contribution in [-0.2, 0) is 15.0 Å². The highest BCUT2D eigenvalue weighted by atomic mass is 16.2. The lowest BCUT2D eigenvalue weighted by molar-refractivity contribution is -0.136. The molecule has 124 valence electrons. The lowest BCUT2D eigenvalue weighted by Gasteiger charge is -2.32. The highest BCUT2D eigenvalue weighted by Crippen LogP contribution is 2.33. The molecule has 2 amide bonds. The van der Waals surface area contributed by atoms with Gasteiger partial charge >= 0.3 is 0 Å². The molecule has 1 saturated carbocycles. The average Bonchev–Trinajstić information content (AvgIpc) is 3.35. The second-order valence-electron chi connectivity index (χ2n) is 6.84. The molecule has 0 spiro atoms. The highest BCUT2D eigenvalue weighted by Gasteiger charge is 2.47. The Morgan fingerprint density at radius 3 is 2.48 bits per heavy atom. The Bertz CT molecular complexity index is 585. The molecule has 0 bridgehead atoms. The number of hydrogen-bond acceptors (Lipinski definition) is 3. The summed E-state index contributed by atoms with van der Waals surface area (Å²) in [6.45, 7) is 1.95. The summed E-state index contributed by atoms with van der Waals surface area (Å²) in [4.78, 5) is 29.1. The average molecular weight is 315 g/mol. The maximum atomic E-state index is 13.1. The molecule has 1 aliphatic carbocycles. The third kappa shape index (κ3) is 3.24. The summed E-state index contributed by atoms with van der Waals surface area (Å²) in [6, 6.07) is 10.4. The summed E-state index contributed by atoms with van der Waals surface area (Å²) < 4.78 is 0. The van der Waals surface area contributed by atoms with E-state index in [1.807, 2.05) is 37.4 Å². The van der Waals surface area contributed by atoms with Crippen molar-refractivity contribution in [2.24, 2.45) is 0 Å². The van der Waals surface area contributed by atoms with Crippen molar-refractivity contribution in [1.82, 2.24) is 15.1 Å². The Hall–Kier alpha value is -1.88. The van der Waals surface area contributed by atoms with Crippen LogP contribution >= 0.6 is 0 Å². The molecule has 0 radical (unpaired) electrons. The summed E-state index contributed by atoms with van der Waals surface area (Å²) >= 11 is 0. The molecule has 1 aromatic rings. The molecule has 1 aliphatic heterocycles. The second-order valence-corrected chi connectivity index (χ2v) is 6.84. The molecule has 1 aromatic carbocycles. The van der Waals surface area contributed by atoms with Crippen molar-refractivity contribution < 1.29 is 9.59 Å². The van der Waals surface area contributed by atoms with E-state index in [0.29, 0.717) is 19.1 Å². The van der Waals surface area contributed by atoms with Crippen molar-refractivity contribution in [2.75, 3.05) is 33.7 Å². The zero-order valence-corrected chi connectivity index (χ0v) is 13.9. The standard InChI is InChI=1S/C18H25N3O2/c1-20(15-8-9-15)10-11-21(2)17(23)18(12-16(22)19-13-18)14-6-4-3-5-7-14/h3-7,15H,8-13H2,1-2H3,(H,19,22)/t18-/m0/s1. The van der Waals surface area contributed by atoms with E-state index >= 15 is 0 Å². The van der Waals surface area contributed by atoms with Gasteiger partial charge in [0.2, 0.25) is 11.8 Å². The molecule has 3 rings (SSSR count). The molecule has 1 heterocycles. The summed E-state index contributed by atoms with van der Waals surface area (Å²) in [5.74, 6) is -0.0167. The Kier molecular flexibility index (Phi) is 4.39. The lowest BCUT2D eigenvalue weighted by atomic mass is 9.78. The summed E-state index contributed by atoms with van der Waals surface area (Å²) in [6.07, 6.45) is 2.76. The Morgan fingerprint density at radius 1 is 1.22 bits per heavy atom. The van der Waals surface area contributed by atoms with Gasteiger partial charge in [-0.15, -0.1) is 0 Å². The SMILES string of the molecule is CN(CCN(C)C1CC1)C(=O)[C@]1(c2ccccc2)CNC(=O)C1. The van der Waals surface area contributed by atoms with E-state index in [1.54, 1.807) is 4.90 Å². The van der Waals surface area contributed by atoms with Crippen LogP contribution in [0.1, 0.15) is 24.8 Å². The summed E-state index contributed by atoms with van der Waals surface area (Å²) in [7, 11) is 3.96. The van der Waals surface area contributed by atoms with E-state index in [9.17, 15) is 9.59 Å². The van der Waals surface area contributed by atoms with Crippen molar-refractivity contribution in [2.45, 2.75) is 30.7 Å². The largest absolute Gasteiger partial charge is 0.355 e. The van der Waals surface area contributed by atoms with E-state index in [1.165, 1.54) is 12.8 Å². The zero-order chi connectivity index (χ0) is 16.4. The van der Waals surface area contributed by atoms with Crippen LogP contribution in [0.2, 0.25) is 0 Å². The summed E-state index contributed by atoms with van der Waals surface area (Å²) in [5.41, 5.74) is 0.163. The fourth-order valence-electron chi connectivity index (χ4n) is 3.36. The number of nitrogens with one attached hydrogen (secondary N) is 1. The summed E-state index contributed by atoms with van der Waals surface area (Å²) in [5, 5.41) is 2.84. The molecule has 5 heteroatoms. The molecule has 1 atom stereocenters. The zero-order valence-electron chi connectivity index (χ0n) is 13.9. The van der Waals surface area contributed by atoms with Crippen LogP contribution in [0.15, 0.2) is 30.3 Å². The van der Waals surface area contributed by atoms with Gasteiger partial charge in [0, 0.05) is 39.1 Å². The van der Waals surface area contributed by atoms with Crippen LogP contribution in [0.3, 0.4) is 0 Å². The number of benzene rings is 1. The number of likely N-dealkylation sites (N-methyl/N-ethyl adjacent to an activating group) is 2. The number of hydrogen-bond donors (Lipinski definition) is 1. The van der Waals surface area contributed by atoms with Gasteiger partial charge < -0.3 is 15.1 Å². The third-order valence-corrected chi connectivity index (χ3v) is 5.09. The van der Waals surface area contributed by atoms with E-state index < -0.39 is 5.41 Å². The van der Waals surface area contributed by atoms with E-state index in [4.69, 9.17) is 0 Å². The van der Waals surface area contributed by atoms with Gasteiger partial charge in [-0.05, 0) is 25.5 Å². The van der Waals surface area contributed by atoms with E-state index in [2.05, 4.69) is 17.3 Å². The first-order valence-electron chi connectivity index (χ1n) is 8.31. The number of carbonyl (C=O) groups is 2. The fourth-order valence-corrected chi connectivity index (χ4v) is 3.36. The smallest absolute Gasteiger partial charge is 0.235 e. The molecule has 1 N–H and O–H groups in total. The molecule has 5 nitrogen and oxygen atoms in total. The minimum Gasteiger partial charge on any atom is -0.355 e. The van der Waals surface area contributed by atoms with Crippen molar-refractivity contribution >= 4 is 11.8 Å². The van der Waals surface area contributed by atoms with Gasteiger partial charge in [0.25, 0.3) is 0 Å². The van der Waals surface area contributed by atoms with Crippen LogP contribution in [0.4, 0.5) is 0 Å². The van der Waals surface area contributed by atoms with Crippen molar-refractivity contribution in [1.29, 1.82) is 0 Å². The maximum absolute atomic E-state index is 13.1. The lowest BCUT2D eigenvalue weighted by Crippen LogP contribution is -2.48. The fraction of sp³-hybridized carbons (Fsp3) is 0.556. The van der Waals surface area contributed by atoms with Crippen molar-refractivity contribution in [3.8, 4) is 0 Å². The second kappa shape index (κ2) is 6.32. The molecule has 2 fully saturated rings. The number of carbonyl (C=O) groups excluding carboxylic acids is 2. The van der Waals surface area contributed by atoms with Gasteiger partial charge in [-0.25, -0.2) is 0 Å². The Morgan fingerprint density at radius 2 is 1.91 bits per heavy atom. The van der Waals surface area contributed by atoms with Gasteiger partial charge in [0.15, 0.2) is 0 Å². The molecule has 0 aromatic heterocycles. The van der Waals surface area contributed by atoms with Crippen molar-refractivity contribution in [3.63, 3.8) is 0 Å². The normalized spacial score (nSPS) is 23.9. The number of rotatable bonds is 6. The first kappa shape index (κ1) is 16.0. The first-order chi connectivity index (χ1) is 11.0. The Labute approximate surface area is 137 Å². The molecular formula is C18H25N3O2. The third-order valence-electron chi connectivity index (χ3n) is 5.09. The predicted octanol–water partition coefficient (Wildman–Crippen LogP) is 0.997. The first-order valence-corrected chi connectivity index (χ1v) is 8.31. The number of amides is 2. The quantitative estimate of drug-likeness (QED) is 0.852. The highest BCUT2D eigenvalue weighted by molar-refractivity contribution is 5.97. The Balaban J connectivity index is 1.74. The van der Waals surface area contributed by atoms with Crippen molar-refractivity contribution in [3.05, 3.63) is 35.9 Å². The van der Waals surface area contributed by atoms with Gasteiger partial charge in [0.1, 0.15) is 5.41 Å². The topological polar surface area (TPSA) is 52.6 Å². The van der Waals surface area contributed by atoms with Gasteiger partial charge in [-0.2, -0.15) is 0 Å². The minimum atomic E-state index is -0.759. The predicted molar refractivity (Wildman–Crippen MR) is 89.0 cm³/mol. The van der Waals surface area contributed by atoms with Gasteiger partial charge in [-0.1, -0.05) is 30.3 Å². The minimum absolute atomic E-state index is 0.0336.